The number of benzene rings is 1. The molecule has 3 rings (SSSR count). The van der Waals surface area contributed by atoms with Crippen LogP contribution >= 0.6 is 23.4 Å². The number of aryl methyl sites for hydroxylation is 2. The highest BCUT2D eigenvalue weighted by Crippen LogP contribution is 2.21. The van der Waals surface area contributed by atoms with Crippen LogP contribution < -0.4 is 0 Å². The van der Waals surface area contributed by atoms with Crippen molar-refractivity contribution < 1.29 is 9.84 Å². The second-order valence-corrected chi connectivity index (χ2v) is 7.56. The van der Waals surface area contributed by atoms with Gasteiger partial charge >= 0.3 is 0 Å². The predicted molar refractivity (Wildman–Crippen MR) is 103 cm³/mol. The van der Waals surface area contributed by atoms with Crippen LogP contribution in [0.5, 0.6) is 0 Å². The molecular formula is C18H21ClN4O2S. The van der Waals surface area contributed by atoms with Gasteiger partial charge in [0.25, 0.3) is 5.78 Å². The van der Waals surface area contributed by atoms with Gasteiger partial charge in [0.15, 0.2) is 0 Å². The lowest BCUT2D eigenvalue weighted by atomic mass is 10.1. The molecule has 0 fully saturated rings. The Hall–Kier alpha value is -1.67. The Morgan fingerprint density at radius 1 is 1.23 bits per heavy atom. The summed E-state index contributed by atoms with van der Waals surface area (Å²) in [6, 6.07) is 9.46. The fraction of sp³-hybridized carbons (Fsp3) is 0.389. The summed E-state index contributed by atoms with van der Waals surface area (Å²) in [5.74, 6) is 1.02. The zero-order valence-electron chi connectivity index (χ0n) is 14.9. The minimum atomic E-state index is -0.614. The molecule has 0 saturated carbocycles. The van der Waals surface area contributed by atoms with Crippen LogP contribution in [0.2, 0.25) is 5.02 Å². The van der Waals surface area contributed by atoms with E-state index in [0.717, 1.165) is 17.0 Å². The summed E-state index contributed by atoms with van der Waals surface area (Å²) in [6.45, 7) is 6.08. The molecule has 26 heavy (non-hydrogen) atoms. The van der Waals surface area contributed by atoms with Crippen LogP contribution in [0, 0.1) is 13.8 Å². The number of aliphatic hydroxyl groups excluding tert-OH is 1. The number of thioether (sulfide) groups is 1. The van der Waals surface area contributed by atoms with Crippen LogP contribution in [-0.4, -0.2) is 43.2 Å². The van der Waals surface area contributed by atoms with Gasteiger partial charge in [0.05, 0.1) is 18.8 Å². The number of aliphatic hydroxyl groups is 1. The Kier molecular flexibility index (Phi) is 6.13. The Morgan fingerprint density at radius 2 is 1.96 bits per heavy atom. The molecule has 3 aromatic rings. The van der Waals surface area contributed by atoms with Crippen LogP contribution in [0.1, 0.15) is 30.0 Å². The van der Waals surface area contributed by atoms with Crippen LogP contribution in [0.4, 0.5) is 0 Å². The van der Waals surface area contributed by atoms with Crippen molar-refractivity contribution in [2.75, 3.05) is 12.4 Å². The second-order valence-electron chi connectivity index (χ2n) is 6.14. The molecule has 138 valence electrons. The molecule has 6 nitrogen and oxygen atoms in total. The summed E-state index contributed by atoms with van der Waals surface area (Å²) < 4.78 is 7.46. The summed E-state index contributed by atoms with van der Waals surface area (Å²) in [5, 5.41) is 15.9. The van der Waals surface area contributed by atoms with Crippen LogP contribution in [0.25, 0.3) is 5.78 Å². The van der Waals surface area contributed by atoms with Gasteiger partial charge < -0.3 is 9.84 Å². The molecule has 1 aromatic carbocycles. The number of halogens is 1. The third-order valence-electron chi connectivity index (χ3n) is 3.88. The average molecular weight is 393 g/mol. The monoisotopic (exact) mass is 392 g/mol. The second kappa shape index (κ2) is 8.35. The van der Waals surface area contributed by atoms with Crippen molar-refractivity contribution in [3.63, 3.8) is 0 Å². The van der Waals surface area contributed by atoms with E-state index in [-0.39, 0.29) is 12.7 Å². The summed E-state index contributed by atoms with van der Waals surface area (Å²) in [5.41, 5.74) is 2.91. The standard InChI is InChI=1S/C18H21ClN4O2S/c1-11-8-12(2)23-17(20-11)21-18(22-23)26-10-16(24)9-25-13(3)14-4-6-15(19)7-5-14/h4-8,13,16,24H,9-10H2,1-3H3/t13-,16-/m1/s1. The molecule has 0 aliphatic heterocycles. The van der Waals surface area contributed by atoms with Crippen molar-refractivity contribution >= 4 is 29.1 Å². The van der Waals surface area contributed by atoms with Crippen molar-refractivity contribution in [2.45, 2.75) is 38.1 Å². The topological polar surface area (TPSA) is 72.5 Å². The van der Waals surface area contributed by atoms with E-state index in [2.05, 4.69) is 15.1 Å². The highest BCUT2D eigenvalue weighted by atomic mass is 35.5. The lowest BCUT2D eigenvalue weighted by Gasteiger charge is -2.16. The van der Waals surface area contributed by atoms with Crippen molar-refractivity contribution in [2.24, 2.45) is 0 Å². The summed E-state index contributed by atoms with van der Waals surface area (Å²) in [4.78, 5) is 8.76. The van der Waals surface area contributed by atoms with Crippen LogP contribution in [0.3, 0.4) is 0 Å². The van der Waals surface area contributed by atoms with Crippen molar-refractivity contribution in [3.05, 3.63) is 52.3 Å². The summed E-state index contributed by atoms with van der Waals surface area (Å²) in [7, 11) is 0. The van der Waals surface area contributed by atoms with Crippen molar-refractivity contribution in [1.82, 2.24) is 19.6 Å². The Balaban J connectivity index is 1.51. The third kappa shape index (κ3) is 4.73. The fourth-order valence-corrected chi connectivity index (χ4v) is 3.36. The number of aromatic nitrogens is 4. The molecule has 0 bridgehead atoms. The minimum Gasteiger partial charge on any atom is -0.390 e. The first-order valence-electron chi connectivity index (χ1n) is 8.31. The SMILES string of the molecule is Cc1cc(C)n2nc(SC[C@H](O)CO[C@H](C)c3ccc(Cl)cc3)nc2n1. The maximum Gasteiger partial charge on any atom is 0.253 e. The first-order chi connectivity index (χ1) is 12.4. The zero-order valence-corrected chi connectivity index (χ0v) is 16.5. The highest BCUT2D eigenvalue weighted by Gasteiger charge is 2.13. The van der Waals surface area contributed by atoms with Gasteiger partial charge in [0, 0.05) is 22.2 Å². The predicted octanol–water partition coefficient (Wildman–Crippen LogP) is 3.63. The molecule has 0 radical (unpaired) electrons. The van der Waals surface area contributed by atoms with Crippen LogP contribution in [-0.2, 0) is 4.74 Å². The Labute approximate surface area is 161 Å². The van der Waals surface area contributed by atoms with Gasteiger partial charge in [-0.2, -0.15) is 4.98 Å². The minimum absolute atomic E-state index is 0.116. The number of nitrogens with zero attached hydrogens (tertiary/aromatic N) is 4. The maximum absolute atomic E-state index is 10.2. The largest absolute Gasteiger partial charge is 0.390 e. The number of fused-ring (bicyclic) bond motifs is 1. The fourth-order valence-electron chi connectivity index (χ4n) is 2.51. The lowest BCUT2D eigenvalue weighted by Crippen LogP contribution is -2.19. The average Bonchev–Trinajstić information content (AvgIpc) is 3.01. The van der Waals surface area contributed by atoms with E-state index in [9.17, 15) is 5.11 Å². The van der Waals surface area contributed by atoms with Gasteiger partial charge in [-0.3, -0.25) is 0 Å². The van der Waals surface area contributed by atoms with E-state index >= 15 is 0 Å². The Bertz CT molecular complexity index is 885. The van der Waals surface area contributed by atoms with Crippen molar-refractivity contribution in [3.8, 4) is 0 Å². The highest BCUT2D eigenvalue weighted by molar-refractivity contribution is 7.99. The van der Waals surface area contributed by atoms with Gasteiger partial charge in [-0.1, -0.05) is 35.5 Å². The molecule has 0 spiro atoms. The molecule has 2 heterocycles. The van der Waals surface area contributed by atoms with Gasteiger partial charge in [0.1, 0.15) is 0 Å². The van der Waals surface area contributed by atoms with E-state index in [1.807, 2.05) is 51.1 Å². The van der Waals surface area contributed by atoms with Gasteiger partial charge in [-0.25, -0.2) is 9.50 Å². The molecule has 2 atom stereocenters. The zero-order chi connectivity index (χ0) is 18.7. The van der Waals surface area contributed by atoms with E-state index < -0.39 is 6.10 Å². The first kappa shape index (κ1) is 19.1. The molecular weight excluding hydrogens is 372 g/mol. The molecule has 0 saturated heterocycles. The lowest BCUT2D eigenvalue weighted by molar-refractivity contribution is 0.00621. The number of ether oxygens (including phenoxy) is 1. The molecule has 1 N–H and O–H groups in total. The quantitative estimate of drug-likeness (QED) is 0.619. The molecule has 2 aromatic heterocycles. The van der Waals surface area contributed by atoms with Gasteiger partial charge in [-0.05, 0) is 44.5 Å². The van der Waals surface area contributed by atoms with E-state index in [0.29, 0.717) is 21.7 Å². The Morgan fingerprint density at radius 3 is 2.69 bits per heavy atom. The molecule has 0 amide bonds. The maximum atomic E-state index is 10.2. The summed E-state index contributed by atoms with van der Waals surface area (Å²) >= 11 is 7.28. The normalized spacial score (nSPS) is 13.9. The van der Waals surface area contributed by atoms with E-state index in [1.54, 1.807) is 4.52 Å². The molecule has 8 heteroatoms. The smallest absolute Gasteiger partial charge is 0.253 e. The van der Waals surface area contributed by atoms with Gasteiger partial charge in [-0.15, -0.1) is 5.10 Å². The van der Waals surface area contributed by atoms with Crippen LogP contribution in [0.15, 0.2) is 35.5 Å². The number of rotatable bonds is 7. The number of hydrogen-bond acceptors (Lipinski definition) is 6. The van der Waals surface area contributed by atoms with Crippen molar-refractivity contribution in [1.29, 1.82) is 0 Å². The molecule has 0 aliphatic carbocycles. The first-order valence-corrected chi connectivity index (χ1v) is 9.67. The third-order valence-corrected chi connectivity index (χ3v) is 5.12. The van der Waals surface area contributed by atoms with E-state index in [4.69, 9.17) is 16.3 Å². The van der Waals surface area contributed by atoms with E-state index in [1.165, 1.54) is 11.8 Å². The van der Waals surface area contributed by atoms with Gasteiger partial charge in [0.2, 0.25) is 5.16 Å². The summed E-state index contributed by atoms with van der Waals surface area (Å²) in [6.07, 6.45) is -0.729. The molecule has 0 unspecified atom stereocenters. The molecule has 0 aliphatic rings. The number of hydrogen-bond donors (Lipinski definition) is 1.